The standard InChI is InChI=1S/C22H16Cl2N4O4/c23-13-5-1-3-9-11(7-27-19(9)13)15(17(25)21(29)30)16(18(26)22(31)32)12-8-28-20-10(12)4-2-6-14(20)24/h1-8,15-16,25-28H,(H,29,30)(H,31,32)/p-2. The van der Waals surface area contributed by atoms with E-state index in [9.17, 15) is 19.8 Å². The van der Waals surface area contributed by atoms with Crippen LogP contribution in [0.4, 0.5) is 0 Å². The summed E-state index contributed by atoms with van der Waals surface area (Å²) < 4.78 is 0. The SMILES string of the molecule is N=C(C(=O)[O-])C(c1c[nH]c2c(Cl)cccc12)C(C(=N)C(=O)[O-])c1c[nH]c2c(Cl)cccc12. The Labute approximate surface area is 190 Å². The van der Waals surface area contributed by atoms with Gasteiger partial charge in [0.15, 0.2) is 0 Å². The lowest BCUT2D eigenvalue weighted by Gasteiger charge is -2.29. The van der Waals surface area contributed by atoms with E-state index < -0.39 is 35.2 Å². The van der Waals surface area contributed by atoms with Crippen molar-refractivity contribution in [2.24, 2.45) is 0 Å². The van der Waals surface area contributed by atoms with Crippen molar-refractivity contribution in [3.05, 3.63) is 70.0 Å². The molecule has 2 heterocycles. The maximum absolute atomic E-state index is 11.8. The molecule has 32 heavy (non-hydrogen) atoms. The molecular formula is C22H14Cl2N4O4-2. The summed E-state index contributed by atoms with van der Waals surface area (Å²) in [5.41, 5.74) is -0.244. The maximum atomic E-state index is 11.8. The van der Waals surface area contributed by atoms with Crippen molar-refractivity contribution >= 4 is 68.4 Å². The predicted molar refractivity (Wildman–Crippen MR) is 118 cm³/mol. The van der Waals surface area contributed by atoms with Crippen LogP contribution in [-0.2, 0) is 9.59 Å². The van der Waals surface area contributed by atoms with Gasteiger partial charge < -0.3 is 40.6 Å². The van der Waals surface area contributed by atoms with Crippen LogP contribution in [0.5, 0.6) is 0 Å². The van der Waals surface area contributed by atoms with Crippen molar-refractivity contribution < 1.29 is 19.8 Å². The molecule has 0 spiro atoms. The summed E-state index contributed by atoms with van der Waals surface area (Å²) in [4.78, 5) is 29.5. The molecule has 0 aliphatic carbocycles. The predicted octanol–water partition coefficient (Wildman–Crippen LogP) is 2.36. The van der Waals surface area contributed by atoms with Crippen LogP contribution in [0.3, 0.4) is 0 Å². The van der Waals surface area contributed by atoms with Gasteiger partial charge in [0.25, 0.3) is 0 Å². The van der Waals surface area contributed by atoms with Crippen LogP contribution in [-0.4, -0.2) is 33.3 Å². The first-order chi connectivity index (χ1) is 15.2. The van der Waals surface area contributed by atoms with Gasteiger partial charge in [0, 0.05) is 35.0 Å². The molecule has 0 amide bonds. The number of carbonyl (C=O) groups is 2. The number of carboxylic acids is 2. The van der Waals surface area contributed by atoms with Gasteiger partial charge in [0.05, 0.1) is 44.4 Å². The van der Waals surface area contributed by atoms with Crippen LogP contribution < -0.4 is 10.2 Å². The Morgan fingerprint density at radius 2 is 1.12 bits per heavy atom. The Balaban J connectivity index is 2.04. The van der Waals surface area contributed by atoms with Crippen molar-refractivity contribution in [1.29, 1.82) is 10.8 Å². The highest BCUT2D eigenvalue weighted by molar-refractivity contribution is 6.42. The van der Waals surface area contributed by atoms with Gasteiger partial charge in [-0.15, -0.1) is 0 Å². The lowest BCUT2D eigenvalue weighted by atomic mass is 9.75. The number of hydrogen-bond donors (Lipinski definition) is 4. The van der Waals surface area contributed by atoms with Gasteiger partial charge in [-0.25, -0.2) is 0 Å². The van der Waals surface area contributed by atoms with Gasteiger partial charge in [-0.3, -0.25) is 0 Å². The zero-order chi connectivity index (χ0) is 23.2. The lowest BCUT2D eigenvalue weighted by Crippen LogP contribution is -2.42. The topological polar surface area (TPSA) is 160 Å². The average Bonchev–Trinajstić information content (AvgIpc) is 3.37. The highest BCUT2D eigenvalue weighted by Gasteiger charge is 2.36. The lowest BCUT2D eigenvalue weighted by molar-refractivity contribution is -0.296. The van der Waals surface area contributed by atoms with E-state index in [-0.39, 0.29) is 11.1 Å². The summed E-state index contributed by atoms with van der Waals surface area (Å²) in [6.07, 6.45) is 2.91. The third-order valence-corrected chi connectivity index (χ3v) is 6.09. The zero-order valence-electron chi connectivity index (χ0n) is 16.2. The normalized spacial score (nSPS) is 13.2. The van der Waals surface area contributed by atoms with E-state index in [1.807, 2.05) is 0 Å². The summed E-state index contributed by atoms with van der Waals surface area (Å²) >= 11 is 12.5. The number of carbonyl (C=O) groups excluding carboxylic acids is 2. The second kappa shape index (κ2) is 8.14. The molecule has 0 saturated carbocycles. The number of aliphatic carboxylic acids is 2. The molecule has 4 N–H and O–H groups in total. The van der Waals surface area contributed by atoms with E-state index >= 15 is 0 Å². The first-order valence-corrected chi connectivity index (χ1v) is 10.1. The summed E-state index contributed by atoms with van der Waals surface area (Å²) in [5.74, 6) is -6.37. The second-order valence-electron chi connectivity index (χ2n) is 7.17. The van der Waals surface area contributed by atoms with Crippen LogP contribution in [0.15, 0.2) is 48.8 Å². The molecule has 0 fully saturated rings. The van der Waals surface area contributed by atoms with Crippen molar-refractivity contribution in [3.8, 4) is 0 Å². The number of hydrogen-bond acceptors (Lipinski definition) is 6. The summed E-state index contributed by atoms with van der Waals surface area (Å²) in [5, 5.41) is 41.8. The quantitative estimate of drug-likeness (QED) is 0.306. The van der Waals surface area contributed by atoms with Crippen LogP contribution in [0.2, 0.25) is 10.0 Å². The van der Waals surface area contributed by atoms with E-state index in [2.05, 4.69) is 9.97 Å². The van der Waals surface area contributed by atoms with Crippen LogP contribution in [0, 0.1) is 10.8 Å². The molecule has 2 unspecified atom stereocenters. The van der Waals surface area contributed by atoms with Crippen molar-refractivity contribution in [3.63, 3.8) is 0 Å². The van der Waals surface area contributed by atoms with E-state index in [1.165, 1.54) is 12.4 Å². The van der Waals surface area contributed by atoms with Crippen molar-refractivity contribution in [2.75, 3.05) is 0 Å². The molecule has 0 aliphatic heterocycles. The van der Waals surface area contributed by atoms with Gasteiger partial charge >= 0.3 is 0 Å². The third kappa shape index (κ3) is 3.43. The summed E-state index contributed by atoms with van der Waals surface area (Å²) in [6.45, 7) is 0. The summed E-state index contributed by atoms with van der Waals surface area (Å²) in [7, 11) is 0. The monoisotopic (exact) mass is 468 g/mol. The van der Waals surface area contributed by atoms with Crippen LogP contribution in [0.1, 0.15) is 23.0 Å². The number of para-hydroxylation sites is 2. The average molecular weight is 469 g/mol. The fourth-order valence-corrected chi connectivity index (χ4v) is 4.51. The fourth-order valence-electron chi connectivity index (χ4n) is 4.05. The highest BCUT2D eigenvalue weighted by Crippen LogP contribution is 2.42. The Hall–Kier alpha value is -3.62. The minimum atomic E-state index is -1.79. The number of benzene rings is 2. The molecule has 2 aromatic carbocycles. The molecule has 10 heteroatoms. The molecule has 0 bridgehead atoms. The molecule has 2 atom stereocenters. The molecule has 162 valence electrons. The van der Waals surface area contributed by atoms with E-state index in [0.717, 1.165) is 0 Å². The van der Waals surface area contributed by atoms with E-state index in [0.29, 0.717) is 31.9 Å². The molecule has 8 nitrogen and oxygen atoms in total. The van der Waals surface area contributed by atoms with Crippen LogP contribution in [0.25, 0.3) is 21.8 Å². The minimum Gasteiger partial charge on any atom is -0.543 e. The van der Waals surface area contributed by atoms with Gasteiger partial charge in [-0.1, -0.05) is 47.5 Å². The number of fused-ring (bicyclic) bond motifs is 2. The first kappa shape index (κ1) is 21.6. The Bertz CT molecular complexity index is 1310. The smallest absolute Gasteiger partial charge is 0.0857 e. The van der Waals surface area contributed by atoms with Crippen molar-refractivity contribution in [1.82, 2.24) is 9.97 Å². The van der Waals surface area contributed by atoms with Gasteiger partial charge in [-0.2, -0.15) is 0 Å². The molecular weight excluding hydrogens is 455 g/mol. The van der Waals surface area contributed by atoms with Gasteiger partial charge in [0.1, 0.15) is 0 Å². The minimum absolute atomic E-state index is 0.282. The maximum Gasteiger partial charge on any atom is 0.0857 e. The summed E-state index contributed by atoms with van der Waals surface area (Å²) in [6, 6.07) is 9.87. The molecule has 2 aromatic heterocycles. The number of aromatic amines is 2. The second-order valence-corrected chi connectivity index (χ2v) is 7.98. The molecule has 4 rings (SSSR count). The number of aromatic nitrogens is 2. The third-order valence-electron chi connectivity index (χ3n) is 5.46. The molecule has 0 aliphatic rings. The van der Waals surface area contributed by atoms with Crippen LogP contribution >= 0.6 is 23.2 Å². The Morgan fingerprint density at radius 3 is 1.47 bits per heavy atom. The van der Waals surface area contributed by atoms with E-state index in [4.69, 9.17) is 34.0 Å². The molecule has 0 radical (unpaired) electrons. The molecule has 0 saturated heterocycles. The number of H-pyrrole nitrogens is 2. The van der Waals surface area contributed by atoms with E-state index in [1.54, 1.807) is 36.4 Å². The van der Waals surface area contributed by atoms with Crippen molar-refractivity contribution in [2.45, 2.75) is 11.8 Å². The number of halogens is 2. The Kier molecular flexibility index (Phi) is 5.50. The number of nitrogens with one attached hydrogen (secondary N) is 4. The largest absolute Gasteiger partial charge is 0.543 e. The number of rotatable bonds is 7. The Morgan fingerprint density at radius 1 is 0.750 bits per heavy atom. The van der Waals surface area contributed by atoms with Gasteiger partial charge in [0.2, 0.25) is 0 Å². The zero-order valence-corrected chi connectivity index (χ0v) is 17.7. The number of carboxylic acid groups (broad SMARTS) is 2. The molecule has 4 aromatic rings. The fraction of sp³-hybridized carbons (Fsp3) is 0.0909. The van der Waals surface area contributed by atoms with Gasteiger partial charge in [-0.05, 0) is 23.3 Å². The highest BCUT2D eigenvalue weighted by atomic mass is 35.5. The first-order valence-electron chi connectivity index (χ1n) is 9.33.